The molecule has 1 spiro atoms. The molecule has 12 heteroatoms. The number of likely N-dealkylation sites (tertiary alicyclic amines) is 1. The molecular weight excluding hydrogens is 559 g/mol. The number of carbonyl (C=O) groups excluding carboxylic acids is 1. The fourth-order valence-electron chi connectivity index (χ4n) is 6.65. The topological polar surface area (TPSA) is 108 Å². The van der Waals surface area contributed by atoms with Gasteiger partial charge in [0.05, 0.1) is 17.5 Å². The molecule has 2 aromatic rings. The van der Waals surface area contributed by atoms with Gasteiger partial charge in [0.2, 0.25) is 10.0 Å². The zero-order valence-corrected chi connectivity index (χ0v) is 25.9. The molecule has 3 aliphatic rings. The van der Waals surface area contributed by atoms with Gasteiger partial charge in [0.15, 0.2) is 11.6 Å². The van der Waals surface area contributed by atoms with Gasteiger partial charge in [0.1, 0.15) is 17.9 Å². The van der Waals surface area contributed by atoms with E-state index >= 15 is 0 Å². The lowest BCUT2D eigenvalue weighted by atomic mass is 9.67. The summed E-state index contributed by atoms with van der Waals surface area (Å²) in [6.45, 7) is 12.8. The van der Waals surface area contributed by atoms with Crippen LogP contribution in [0.5, 0.6) is 11.5 Å². The highest BCUT2D eigenvalue weighted by molar-refractivity contribution is 7.89. The highest BCUT2D eigenvalue weighted by Gasteiger charge is 2.46. The van der Waals surface area contributed by atoms with Gasteiger partial charge in [-0.1, -0.05) is 0 Å². The maximum Gasteiger partial charge on any atom is 0.257 e. The van der Waals surface area contributed by atoms with Crippen molar-refractivity contribution in [2.24, 2.45) is 11.3 Å². The number of benzene rings is 1. The highest BCUT2D eigenvalue weighted by Crippen LogP contribution is 2.45. The van der Waals surface area contributed by atoms with Crippen LogP contribution in [0.1, 0.15) is 63.7 Å². The van der Waals surface area contributed by atoms with Crippen molar-refractivity contribution in [2.45, 2.75) is 65.5 Å². The highest BCUT2D eigenvalue weighted by atomic mass is 32.2. The molecule has 2 aliphatic heterocycles. The van der Waals surface area contributed by atoms with Crippen molar-refractivity contribution < 1.29 is 22.3 Å². The Morgan fingerprint density at radius 3 is 2.55 bits per heavy atom. The molecule has 1 aromatic heterocycles. The average molecular weight is 603 g/mol. The van der Waals surface area contributed by atoms with E-state index in [1.807, 2.05) is 20.8 Å². The number of nitrogens with one attached hydrogen (secondary N) is 1. The summed E-state index contributed by atoms with van der Waals surface area (Å²) in [5.41, 5.74) is 0.503. The first-order chi connectivity index (χ1) is 20.0. The minimum atomic E-state index is -3.15. The molecule has 0 unspecified atom stereocenters. The van der Waals surface area contributed by atoms with Crippen LogP contribution in [-0.2, 0) is 10.0 Å². The first-order valence-corrected chi connectivity index (χ1v) is 16.7. The van der Waals surface area contributed by atoms with Gasteiger partial charge < -0.3 is 19.4 Å². The fourth-order valence-corrected chi connectivity index (χ4v) is 7.56. The Kier molecular flexibility index (Phi) is 9.05. The smallest absolute Gasteiger partial charge is 0.257 e. The van der Waals surface area contributed by atoms with E-state index in [0.717, 1.165) is 58.4 Å². The van der Waals surface area contributed by atoms with E-state index < -0.39 is 15.8 Å². The van der Waals surface area contributed by atoms with Gasteiger partial charge in [-0.25, -0.2) is 27.5 Å². The van der Waals surface area contributed by atoms with Gasteiger partial charge in [-0.05, 0) is 77.0 Å². The number of halogens is 1. The van der Waals surface area contributed by atoms with E-state index in [4.69, 9.17) is 4.74 Å². The quantitative estimate of drug-likeness (QED) is 0.413. The lowest BCUT2D eigenvalue weighted by Crippen LogP contribution is -2.62. The van der Waals surface area contributed by atoms with Gasteiger partial charge in [-0.3, -0.25) is 4.79 Å². The lowest BCUT2D eigenvalue weighted by molar-refractivity contribution is -0.0419. The lowest BCUT2D eigenvalue weighted by Gasteiger charge is -2.55. The second-order valence-electron chi connectivity index (χ2n) is 12.4. The van der Waals surface area contributed by atoms with E-state index in [-0.39, 0.29) is 35.1 Å². The Labute approximate surface area is 248 Å². The third-order valence-electron chi connectivity index (χ3n) is 8.94. The summed E-state index contributed by atoms with van der Waals surface area (Å²) in [6.07, 6.45) is 7.04. The van der Waals surface area contributed by atoms with Crippen molar-refractivity contribution >= 4 is 21.7 Å². The molecule has 42 heavy (non-hydrogen) atoms. The predicted molar refractivity (Wildman–Crippen MR) is 160 cm³/mol. The van der Waals surface area contributed by atoms with Crippen molar-refractivity contribution in [3.63, 3.8) is 0 Å². The van der Waals surface area contributed by atoms with Crippen LogP contribution < -0.4 is 14.4 Å². The molecule has 10 nitrogen and oxygen atoms in total. The number of aromatic nitrogens is 2. The zero-order valence-electron chi connectivity index (χ0n) is 25.1. The number of nitrogens with zero attached hydrogens (tertiary/aromatic N) is 5. The zero-order chi connectivity index (χ0) is 30.1. The summed E-state index contributed by atoms with van der Waals surface area (Å²) in [7, 11) is -3.15. The Morgan fingerprint density at radius 2 is 1.90 bits per heavy atom. The normalized spacial score (nSPS) is 19.5. The predicted octanol–water partition coefficient (Wildman–Crippen LogP) is 3.90. The number of hydrogen-bond acceptors (Lipinski definition) is 8. The summed E-state index contributed by atoms with van der Waals surface area (Å²) in [5, 5.41) is 0. The number of ether oxygens (including phenoxy) is 1. The molecule has 1 saturated carbocycles. The Balaban J connectivity index is 1.15. The first kappa shape index (κ1) is 30.6. The number of carbonyl (C=O) groups is 1. The molecule has 2 saturated heterocycles. The van der Waals surface area contributed by atoms with Gasteiger partial charge in [0, 0.05) is 57.3 Å². The van der Waals surface area contributed by atoms with Crippen LogP contribution in [0.15, 0.2) is 30.7 Å². The maximum atomic E-state index is 14.2. The van der Waals surface area contributed by atoms with Crippen molar-refractivity contribution in [2.75, 3.05) is 49.9 Å². The molecule has 1 aromatic carbocycles. The summed E-state index contributed by atoms with van der Waals surface area (Å²) >= 11 is 0. The molecule has 0 bridgehead atoms. The van der Waals surface area contributed by atoms with E-state index in [2.05, 4.69) is 24.5 Å². The van der Waals surface area contributed by atoms with Crippen LogP contribution in [0, 0.1) is 17.2 Å². The summed E-state index contributed by atoms with van der Waals surface area (Å²) in [5.74, 6) is 1.22. The number of hydrogen-bond donors (Lipinski definition) is 1. The van der Waals surface area contributed by atoms with E-state index in [1.165, 1.54) is 24.5 Å². The second kappa shape index (κ2) is 12.4. The number of rotatable bonds is 11. The monoisotopic (exact) mass is 602 g/mol. The third kappa shape index (κ3) is 6.70. The Hall–Kier alpha value is -2.83. The van der Waals surface area contributed by atoms with Gasteiger partial charge in [0.25, 0.3) is 5.91 Å². The van der Waals surface area contributed by atoms with E-state index in [9.17, 15) is 17.6 Å². The van der Waals surface area contributed by atoms with Crippen molar-refractivity contribution in [1.29, 1.82) is 0 Å². The molecule has 0 radical (unpaired) electrons. The summed E-state index contributed by atoms with van der Waals surface area (Å²) < 4.78 is 47.0. The number of amides is 1. The number of anilines is 1. The van der Waals surface area contributed by atoms with Gasteiger partial charge in [-0.2, -0.15) is 0 Å². The van der Waals surface area contributed by atoms with Crippen molar-refractivity contribution in [1.82, 2.24) is 24.5 Å². The average Bonchev–Trinajstić information content (AvgIpc) is 2.92. The minimum Gasteiger partial charge on any atom is -0.451 e. The van der Waals surface area contributed by atoms with Crippen LogP contribution >= 0.6 is 0 Å². The van der Waals surface area contributed by atoms with E-state index in [0.29, 0.717) is 29.4 Å². The molecule has 1 N–H and O–H groups in total. The maximum absolute atomic E-state index is 14.2. The fraction of sp³-hybridized carbons (Fsp3) is 0.633. The first-order valence-electron chi connectivity index (χ1n) is 15.1. The SMILES string of the molecule is CCN(C(=O)c1cc(F)ccc1Oc1cncnc1N1CC(CN2CC3(CCC(NS(=O)(=O)CC)CC3)C2)C1)C(C)C. The molecule has 0 atom stereocenters. The molecule has 1 aliphatic carbocycles. The molecule has 230 valence electrons. The summed E-state index contributed by atoms with van der Waals surface area (Å²) in [4.78, 5) is 28.2. The minimum absolute atomic E-state index is 0.0369. The molecule has 3 heterocycles. The largest absolute Gasteiger partial charge is 0.451 e. The van der Waals surface area contributed by atoms with Crippen molar-refractivity contribution in [3.8, 4) is 11.5 Å². The second-order valence-corrected chi connectivity index (χ2v) is 14.4. The van der Waals surface area contributed by atoms with Crippen LogP contribution in [0.3, 0.4) is 0 Å². The van der Waals surface area contributed by atoms with Crippen LogP contribution in [-0.4, -0.2) is 91.2 Å². The molecule has 3 fully saturated rings. The Bertz CT molecular complexity index is 1370. The standard InChI is InChI=1S/C30H43FN6O4S/c1-5-37(21(3)4)29(38)25-13-23(31)7-8-26(25)41-27-14-32-20-33-28(27)36-16-22(17-36)15-35-18-30(19-35)11-9-24(10-12-30)34-42(39,40)6-2/h7-8,13-14,20-22,24,34H,5-6,9-12,15-19H2,1-4H3. The molecular formula is C30H43FN6O4S. The van der Waals surface area contributed by atoms with Crippen LogP contribution in [0.2, 0.25) is 0 Å². The molecule has 1 amide bonds. The van der Waals surface area contributed by atoms with Gasteiger partial charge in [-0.15, -0.1) is 0 Å². The van der Waals surface area contributed by atoms with Gasteiger partial charge >= 0.3 is 0 Å². The summed E-state index contributed by atoms with van der Waals surface area (Å²) in [6, 6.07) is 4.03. The Morgan fingerprint density at radius 1 is 1.19 bits per heavy atom. The van der Waals surface area contributed by atoms with Crippen LogP contribution in [0.4, 0.5) is 10.2 Å². The van der Waals surface area contributed by atoms with E-state index in [1.54, 1.807) is 18.0 Å². The number of sulfonamides is 1. The third-order valence-corrected chi connectivity index (χ3v) is 10.4. The van der Waals surface area contributed by atoms with Crippen molar-refractivity contribution in [3.05, 3.63) is 42.1 Å². The molecule has 5 rings (SSSR count). The van der Waals surface area contributed by atoms with Crippen LogP contribution in [0.25, 0.3) is 0 Å².